The van der Waals surface area contributed by atoms with Gasteiger partial charge in [-0.25, -0.2) is 9.29 Å². The van der Waals surface area contributed by atoms with Crippen LogP contribution in [-0.2, 0) is 4.79 Å². The third-order valence-electron chi connectivity index (χ3n) is 4.51. The van der Waals surface area contributed by atoms with E-state index in [1.54, 1.807) is 35.4 Å². The van der Waals surface area contributed by atoms with Gasteiger partial charge in [-0.05, 0) is 53.4 Å². The van der Waals surface area contributed by atoms with Crippen molar-refractivity contribution in [3.8, 4) is 11.3 Å². The van der Waals surface area contributed by atoms with Gasteiger partial charge in [-0.3, -0.25) is 14.6 Å². The minimum atomic E-state index is -0.713. The Morgan fingerprint density at radius 1 is 1.29 bits per heavy atom. The zero-order chi connectivity index (χ0) is 20.0. The summed E-state index contributed by atoms with van der Waals surface area (Å²) in [5, 5.41) is 4.97. The summed E-state index contributed by atoms with van der Waals surface area (Å²) in [4.78, 5) is 29.9. The summed E-state index contributed by atoms with van der Waals surface area (Å²) in [6, 6.07) is 11.2. The van der Waals surface area contributed by atoms with E-state index >= 15 is 0 Å². The molecule has 6 nitrogen and oxygen atoms in total. The van der Waals surface area contributed by atoms with Crippen molar-refractivity contribution in [3.63, 3.8) is 0 Å². The van der Waals surface area contributed by atoms with E-state index < -0.39 is 6.17 Å². The Morgan fingerprint density at radius 3 is 2.64 bits per heavy atom. The van der Waals surface area contributed by atoms with Gasteiger partial charge in [-0.1, -0.05) is 27.7 Å². The summed E-state index contributed by atoms with van der Waals surface area (Å²) in [7, 11) is 0. The molecule has 1 unspecified atom stereocenters. The lowest BCUT2D eigenvalue weighted by molar-refractivity contribution is -0.763. The molecule has 1 aromatic heterocycles. The minimum Gasteiger partial charge on any atom is -0.291 e. The zero-order valence-corrected chi connectivity index (χ0v) is 17.3. The van der Waals surface area contributed by atoms with Gasteiger partial charge in [0.1, 0.15) is 5.82 Å². The third kappa shape index (κ3) is 3.04. The molecule has 28 heavy (non-hydrogen) atoms. The highest BCUT2D eigenvalue weighted by atomic mass is 79.9. The molecule has 9 heteroatoms. The van der Waals surface area contributed by atoms with Crippen molar-refractivity contribution in [1.29, 1.82) is 0 Å². The van der Waals surface area contributed by atoms with Crippen LogP contribution in [0.1, 0.15) is 18.7 Å². The standard InChI is InChI=1S/C19H14BrFN4O2S/c1-10(26)24-15-8-5-12(20)9-14(15)16-17(27)22-19(28-2)23-25(16)18(24)11-3-6-13(21)7-4-11/h3-9,18H,1-2H3/p+1. The largest absolute Gasteiger partial charge is 0.325 e. The highest BCUT2D eigenvalue weighted by Crippen LogP contribution is 2.38. The molecule has 0 bridgehead atoms. The first-order valence-corrected chi connectivity index (χ1v) is 10.4. The molecule has 0 spiro atoms. The van der Waals surface area contributed by atoms with Crippen LogP contribution in [0.4, 0.5) is 10.1 Å². The van der Waals surface area contributed by atoms with Crippen LogP contribution in [0.3, 0.4) is 0 Å². The Morgan fingerprint density at radius 2 is 2.00 bits per heavy atom. The molecule has 3 aromatic rings. The number of hydrogen-bond donors (Lipinski definition) is 1. The lowest BCUT2D eigenvalue weighted by atomic mass is 10.0. The maximum absolute atomic E-state index is 13.5. The Labute approximate surface area is 172 Å². The molecule has 0 aliphatic carbocycles. The number of carbonyl (C=O) groups excluding carboxylic acids is 1. The number of rotatable bonds is 2. The third-order valence-corrected chi connectivity index (χ3v) is 5.58. The summed E-state index contributed by atoms with van der Waals surface area (Å²) in [5.74, 6) is -0.601. The first-order valence-electron chi connectivity index (χ1n) is 8.36. The Balaban J connectivity index is 2.10. The first kappa shape index (κ1) is 18.8. The average Bonchev–Trinajstić information content (AvgIpc) is 2.67. The van der Waals surface area contributed by atoms with E-state index in [1.165, 1.54) is 35.5 Å². The van der Waals surface area contributed by atoms with E-state index in [4.69, 9.17) is 0 Å². The fourth-order valence-electron chi connectivity index (χ4n) is 3.36. The number of fused-ring (bicyclic) bond motifs is 3. The topological polar surface area (TPSA) is 69.9 Å². The number of aromatic amines is 1. The van der Waals surface area contributed by atoms with Crippen molar-refractivity contribution < 1.29 is 13.9 Å². The smallest absolute Gasteiger partial charge is 0.291 e. The quantitative estimate of drug-likeness (QED) is 0.469. The van der Waals surface area contributed by atoms with Crippen LogP contribution in [0, 0.1) is 5.82 Å². The van der Waals surface area contributed by atoms with Crippen molar-refractivity contribution in [2.75, 3.05) is 11.2 Å². The summed E-state index contributed by atoms with van der Waals surface area (Å²) in [6.45, 7) is 1.45. The predicted molar refractivity (Wildman–Crippen MR) is 108 cm³/mol. The second kappa shape index (κ2) is 7.14. The van der Waals surface area contributed by atoms with E-state index in [2.05, 4.69) is 26.0 Å². The lowest BCUT2D eigenvalue weighted by Gasteiger charge is -2.31. The highest BCUT2D eigenvalue weighted by molar-refractivity contribution is 9.10. The molecule has 0 fully saturated rings. The molecule has 0 saturated carbocycles. The number of H-pyrrole nitrogens is 1. The SMILES string of the molecule is CSc1n[n+]2c(c(=O)[nH]1)-c1cc(Br)ccc1N(C(C)=O)C2c1ccc(F)cc1. The van der Waals surface area contributed by atoms with Gasteiger partial charge in [0.25, 0.3) is 6.17 Å². The Kier molecular flexibility index (Phi) is 4.80. The molecule has 142 valence electrons. The summed E-state index contributed by atoms with van der Waals surface area (Å²) in [5.41, 5.74) is 1.84. The number of aromatic nitrogens is 3. The van der Waals surface area contributed by atoms with E-state index in [0.29, 0.717) is 27.7 Å². The first-order chi connectivity index (χ1) is 13.4. The van der Waals surface area contributed by atoms with E-state index in [9.17, 15) is 14.0 Å². The molecule has 1 N–H and O–H groups in total. The van der Waals surface area contributed by atoms with Gasteiger partial charge in [-0.2, -0.15) is 0 Å². The average molecular weight is 462 g/mol. The Hall–Kier alpha value is -2.52. The van der Waals surface area contributed by atoms with Gasteiger partial charge in [0.2, 0.25) is 11.1 Å². The van der Waals surface area contributed by atoms with Gasteiger partial charge in [0.05, 0.1) is 11.3 Å². The number of nitrogens with zero attached hydrogens (tertiary/aromatic N) is 3. The number of nitrogens with one attached hydrogen (secondary N) is 1. The summed E-state index contributed by atoms with van der Waals surface area (Å²) >= 11 is 4.72. The van der Waals surface area contributed by atoms with E-state index in [-0.39, 0.29) is 17.3 Å². The normalized spacial score (nSPS) is 15.1. The van der Waals surface area contributed by atoms with Crippen molar-refractivity contribution in [2.24, 2.45) is 0 Å². The number of halogens is 2. The molecule has 1 amide bonds. The van der Waals surface area contributed by atoms with Crippen molar-refractivity contribution >= 4 is 39.3 Å². The van der Waals surface area contributed by atoms with Crippen LogP contribution < -0.4 is 15.1 Å². The number of amides is 1. The predicted octanol–water partition coefficient (Wildman–Crippen LogP) is 3.26. The molecule has 2 aromatic carbocycles. The minimum absolute atomic E-state index is 0.219. The monoisotopic (exact) mass is 461 g/mol. The molecular formula is C19H15BrFN4O2S+. The van der Waals surface area contributed by atoms with Crippen molar-refractivity contribution in [1.82, 2.24) is 10.1 Å². The fraction of sp³-hybridized carbons (Fsp3) is 0.158. The van der Waals surface area contributed by atoms with Crippen LogP contribution in [0.25, 0.3) is 11.3 Å². The van der Waals surface area contributed by atoms with Crippen molar-refractivity contribution in [2.45, 2.75) is 18.2 Å². The molecule has 0 radical (unpaired) electrons. The van der Waals surface area contributed by atoms with Crippen LogP contribution in [0.15, 0.2) is 56.9 Å². The second-order valence-corrected chi connectivity index (χ2v) is 7.94. The van der Waals surface area contributed by atoms with Crippen LogP contribution in [-0.4, -0.2) is 22.2 Å². The molecule has 1 aliphatic rings. The van der Waals surface area contributed by atoms with E-state index in [1.807, 2.05) is 6.07 Å². The van der Waals surface area contributed by atoms with E-state index in [0.717, 1.165) is 4.47 Å². The number of benzene rings is 2. The molecule has 2 heterocycles. The molecule has 1 aliphatic heterocycles. The van der Waals surface area contributed by atoms with Crippen LogP contribution >= 0.6 is 27.7 Å². The van der Waals surface area contributed by atoms with Gasteiger partial charge in [0.15, 0.2) is 0 Å². The maximum Gasteiger partial charge on any atom is 0.325 e. The maximum atomic E-state index is 13.5. The molecular weight excluding hydrogens is 447 g/mol. The second-order valence-electron chi connectivity index (χ2n) is 6.23. The molecule has 1 atom stereocenters. The lowest BCUT2D eigenvalue weighted by Crippen LogP contribution is -2.60. The number of carbonyl (C=O) groups is 1. The van der Waals surface area contributed by atoms with Gasteiger partial charge in [0, 0.05) is 22.1 Å². The van der Waals surface area contributed by atoms with Crippen LogP contribution in [0.5, 0.6) is 0 Å². The van der Waals surface area contributed by atoms with Gasteiger partial charge < -0.3 is 0 Å². The van der Waals surface area contributed by atoms with Crippen molar-refractivity contribution in [3.05, 3.63) is 68.7 Å². The fourth-order valence-corrected chi connectivity index (χ4v) is 4.09. The summed E-state index contributed by atoms with van der Waals surface area (Å²) in [6.07, 6.45) is 1.09. The molecule has 0 saturated heterocycles. The number of hydrogen-bond acceptors (Lipinski definition) is 4. The number of thioether (sulfide) groups is 1. The number of anilines is 1. The zero-order valence-electron chi connectivity index (χ0n) is 14.9. The Bertz CT molecular complexity index is 1150. The van der Waals surface area contributed by atoms with Gasteiger partial charge >= 0.3 is 11.3 Å². The van der Waals surface area contributed by atoms with Crippen LogP contribution in [0.2, 0.25) is 0 Å². The highest BCUT2D eigenvalue weighted by Gasteiger charge is 2.44. The van der Waals surface area contributed by atoms with Gasteiger partial charge in [-0.15, -0.1) is 0 Å². The molecule has 4 rings (SSSR count). The summed E-state index contributed by atoms with van der Waals surface area (Å²) < 4.78 is 15.8.